The van der Waals surface area contributed by atoms with E-state index >= 15 is 0 Å². The molecular formula is C20H25N10O11P2S2+. The number of aliphatic hydroxyl groups is 3. The van der Waals surface area contributed by atoms with E-state index in [1.54, 1.807) is 0 Å². The van der Waals surface area contributed by atoms with Crippen molar-refractivity contribution in [2.75, 3.05) is 24.7 Å². The minimum absolute atomic E-state index is 0.0351. The van der Waals surface area contributed by atoms with Gasteiger partial charge in [0, 0.05) is 0 Å². The lowest BCUT2D eigenvalue weighted by molar-refractivity contribution is -0.0564. The van der Waals surface area contributed by atoms with Gasteiger partial charge in [-0.1, -0.05) is 0 Å². The maximum absolute atomic E-state index is 12.3. The number of ether oxygens (including phenoxy) is 2. The van der Waals surface area contributed by atoms with E-state index < -0.39 is 81.8 Å². The summed E-state index contributed by atoms with van der Waals surface area (Å²) in [6.45, 7) is -5.50. The molecule has 242 valence electrons. The highest BCUT2D eigenvalue weighted by Gasteiger charge is 2.52. The van der Waals surface area contributed by atoms with Gasteiger partial charge in [-0.05, 0) is 16.4 Å². The molecule has 0 bridgehead atoms. The van der Waals surface area contributed by atoms with E-state index in [1.807, 2.05) is 0 Å². The van der Waals surface area contributed by atoms with Gasteiger partial charge in [-0.25, -0.2) is 19.9 Å². The van der Waals surface area contributed by atoms with Crippen molar-refractivity contribution in [3.63, 3.8) is 0 Å². The van der Waals surface area contributed by atoms with Crippen LogP contribution >= 0.6 is 26.2 Å². The Morgan fingerprint density at radius 2 is 1.73 bits per heavy atom. The van der Waals surface area contributed by atoms with E-state index in [0.717, 1.165) is 0 Å². The Labute approximate surface area is 261 Å². The molecule has 9 N–H and O–H groups in total. The second-order valence-electron chi connectivity index (χ2n) is 9.79. The number of nitrogens with one attached hydrogen (secondary N) is 1. The van der Waals surface area contributed by atoms with Gasteiger partial charge in [-0.2, -0.15) is 4.98 Å². The molecule has 4 unspecified atom stereocenters. The second kappa shape index (κ2) is 12.4. The Kier molecular flexibility index (Phi) is 8.91. The summed E-state index contributed by atoms with van der Waals surface area (Å²) >= 11 is 8.98. The quantitative estimate of drug-likeness (QED) is 0.0667. The highest BCUT2D eigenvalue weighted by Crippen LogP contribution is 2.51. The van der Waals surface area contributed by atoms with Gasteiger partial charge in [0.05, 0.1) is 25.9 Å². The summed E-state index contributed by atoms with van der Waals surface area (Å²) in [5.74, 6) is -0.138. The van der Waals surface area contributed by atoms with Crippen LogP contribution in [0.25, 0.3) is 22.3 Å². The first-order valence-electron chi connectivity index (χ1n) is 12.8. The molecule has 21 nitrogen and oxygen atoms in total. The van der Waals surface area contributed by atoms with Crippen molar-refractivity contribution in [3.8, 4) is 0 Å². The predicted octanol–water partition coefficient (Wildman–Crippen LogP) is -1.78. The average molecular weight is 708 g/mol. The molecule has 2 aliphatic heterocycles. The molecule has 0 amide bonds. The third-order valence-electron chi connectivity index (χ3n) is 7.06. The lowest BCUT2D eigenvalue weighted by atomic mass is 10.1. The molecule has 2 saturated heterocycles. The minimum Gasteiger partial charge on any atom is -0.394 e. The van der Waals surface area contributed by atoms with Gasteiger partial charge < -0.3 is 45.7 Å². The highest BCUT2D eigenvalue weighted by atomic mass is 32.7. The SMILES string of the molecule is Nc1nc2c(ncn2[C@@H]2O[C@H](CO)C(O)[C@@H]2OP(O)(=S)OC[C@H]2O[C@@H](n3cnc4c(N)ncnc43)[C@@H](O)C2O[P+](=O)S)c(=O)[nH]1. The molecule has 0 saturated carbocycles. The van der Waals surface area contributed by atoms with Gasteiger partial charge in [0.25, 0.3) is 5.56 Å². The van der Waals surface area contributed by atoms with Gasteiger partial charge in [0.2, 0.25) is 5.95 Å². The van der Waals surface area contributed by atoms with Crippen LogP contribution in [-0.4, -0.2) is 109 Å². The predicted molar refractivity (Wildman–Crippen MR) is 158 cm³/mol. The maximum atomic E-state index is 12.3. The molecule has 45 heavy (non-hydrogen) atoms. The Morgan fingerprint density at radius 3 is 2.44 bits per heavy atom. The molecule has 0 aromatic carbocycles. The first kappa shape index (κ1) is 32.2. The molecule has 0 spiro atoms. The second-order valence-corrected chi connectivity index (χ2v) is 14.3. The number of rotatable bonds is 10. The molecule has 4 aromatic heterocycles. The summed E-state index contributed by atoms with van der Waals surface area (Å²) in [5.41, 5.74) is 11.2. The summed E-state index contributed by atoms with van der Waals surface area (Å²) in [5, 5.41) is 31.7. The molecule has 2 aliphatic rings. The summed E-state index contributed by atoms with van der Waals surface area (Å²) < 4.78 is 42.6. The number of hydrogen-bond donors (Lipinski definition) is 8. The number of nitrogens with two attached hydrogens (primary N) is 2. The normalized spacial score (nSPS) is 30.3. The minimum atomic E-state index is -4.29. The Bertz CT molecular complexity index is 1860. The van der Waals surface area contributed by atoms with Crippen molar-refractivity contribution in [2.45, 2.75) is 49.1 Å². The number of thiol groups is 1. The van der Waals surface area contributed by atoms with E-state index in [2.05, 4.69) is 42.2 Å². The molecule has 6 rings (SSSR count). The van der Waals surface area contributed by atoms with E-state index in [0.29, 0.717) is 0 Å². The topological polar surface area (TPSA) is 303 Å². The van der Waals surface area contributed by atoms with Crippen LogP contribution < -0.4 is 17.0 Å². The number of imidazole rings is 2. The van der Waals surface area contributed by atoms with Crippen LogP contribution in [0.3, 0.4) is 0 Å². The van der Waals surface area contributed by atoms with Gasteiger partial charge >= 0.3 is 13.9 Å². The third-order valence-corrected chi connectivity index (χ3v) is 9.32. The molecule has 6 heterocycles. The lowest BCUT2D eigenvalue weighted by Gasteiger charge is -2.27. The van der Waals surface area contributed by atoms with Gasteiger partial charge in [-0.15, -0.1) is 4.52 Å². The molecule has 0 aliphatic carbocycles. The average Bonchev–Trinajstić information content (AvgIpc) is 3.73. The van der Waals surface area contributed by atoms with Gasteiger partial charge in [-0.3, -0.25) is 23.4 Å². The van der Waals surface area contributed by atoms with Crippen molar-refractivity contribution in [1.82, 2.24) is 39.0 Å². The fourth-order valence-electron chi connectivity index (χ4n) is 5.06. The van der Waals surface area contributed by atoms with Gasteiger partial charge in [0.15, 0.2) is 41.2 Å². The molecular weight excluding hydrogens is 682 g/mol. The highest BCUT2D eigenvalue weighted by molar-refractivity contribution is 8.39. The van der Waals surface area contributed by atoms with Crippen LogP contribution in [0.1, 0.15) is 12.5 Å². The molecule has 4 aromatic rings. The maximum Gasteiger partial charge on any atom is 0.582 e. The summed E-state index contributed by atoms with van der Waals surface area (Å²) in [6, 6.07) is 0. The van der Waals surface area contributed by atoms with Crippen LogP contribution in [0, 0.1) is 0 Å². The fraction of sp³-hybridized carbons (Fsp3) is 0.500. The van der Waals surface area contributed by atoms with Crippen LogP contribution in [0.5, 0.6) is 0 Å². The Morgan fingerprint density at radius 1 is 1.04 bits per heavy atom. The van der Waals surface area contributed by atoms with E-state index in [9.17, 15) is 29.6 Å². The van der Waals surface area contributed by atoms with Gasteiger partial charge in [0.1, 0.15) is 54.6 Å². The number of anilines is 2. The number of aromatic nitrogens is 8. The zero-order valence-electron chi connectivity index (χ0n) is 22.4. The van der Waals surface area contributed by atoms with Crippen LogP contribution in [-0.2, 0) is 39.4 Å². The zero-order valence-corrected chi connectivity index (χ0v) is 25.9. The van der Waals surface area contributed by atoms with Crippen LogP contribution in [0.2, 0.25) is 0 Å². The molecule has 25 heteroatoms. The number of fused-ring (bicyclic) bond motifs is 2. The lowest BCUT2D eigenvalue weighted by Crippen LogP contribution is -2.36. The van der Waals surface area contributed by atoms with Crippen molar-refractivity contribution in [1.29, 1.82) is 0 Å². The monoisotopic (exact) mass is 707 g/mol. The number of nitrogen functional groups attached to an aromatic ring is 2. The van der Waals surface area contributed by atoms with Crippen molar-refractivity contribution in [3.05, 3.63) is 29.3 Å². The Balaban J connectivity index is 1.22. The number of H-pyrrole nitrogens is 1. The standard InChI is InChI=1S/C20H24N10O11P2S2/c21-14-8-15(24-3-23-14)29(4-25-8)18-11(33)12(40-42(35)44)7(39-18)2-37-43(36,45)41-13-10(32)6(1-31)38-19(13)30-5-26-9-16(30)27-20(22)28-17(9)34/h3-7,10-13,18-19,31-33H,1-2H2,(H6-,21,22,23,24,27,28,34,35,36,44,45)/p+1/t6-,7-,10?,11+,12?,13+,18-,19-,43?/m1/s1. The molecule has 0 radical (unpaired) electrons. The van der Waals surface area contributed by atoms with Crippen molar-refractivity contribution < 1.29 is 47.8 Å². The van der Waals surface area contributed by atoms with Crippen LogP contribution in [0.4, 0.5) is 11.8 Å². The summed E-state index contributed by atoms with van der Waals surface area (Å²) in [6.07, 6.45) is -7.01. The molecule has 10 atom stereocenters. The van der Waals surface area contributed by atoms with Crippen LogP contribution in [0.15, 0.2) is 23.8 Å². The third kappa shape index (κ3) is 6.07. The van der Waals surface area contributed by atoms with E-state index in [-0.39, 0.29) is 34.1 Å². The summed E-state index contributed by atoms with van der Waals surface area (Å²) in [4.78, 5) is 45.8. The molecule has 2 fully saturated rings. The number of hydrogen-bond acceptors (Lipinski definition) is 18. The van der Waals surface area contributed by atoms with E-state index in [1.165, 1.54) is 28.1 Å². The van der Waals surface area contributed by atoms with Crippen molar-refractivity contribution >= 4 is 72.1 Å². The zero-order chi connectivity index (χ0) is 32.2. The van der Waals surface area contributed by atoms with E-state index in [4.69, 9.17) is 46.3 Å². The summed E-state index contributed by atoms with van der Waals surface area (Å²) in [7, 11) is -2.54. The number of aliphatic hydroxyl groups excluding tert-OH is 3. The first-order valence-corrected chi connectivity index (χ1v) is 17.7. The number of nitrogens with zero attached hydrogens (tertiary/aromatic N) is 7. The smallest absolute Gasteiger partial charge is 0.394 e. The Hall–Kier alpha value is -2.76. The van der Waals surface area contributed by atoms with Crippen molar-refractivity contribution in [2.24, 2.45) is 0 Å². The number of aromatic amines is 1. The largest absolute Gasteiger partial charge is 0.582 e. The fourth-order valence-corrected chi connectivity index (χ4v) is 7.27. The first-order chi connectivity index (χ1) is 21.4.